The molecule has 0 atom stereocenters. The van der Waals surface area contributed by atoms with E-state index in [-0.39, 0.29) is 4.90 Å². The van der Waals surface area contributed by atoms with Crippen LogP contribution in [0, 0.1) is 11.3 Å². The second-order valence-corrected chi connectivity index (χ2v) is 5.88. The highest BCUT2D eigenvalue weighted by Gasteiger charge is 2.14. The van der Waals surface area contributed by atoms with E-state index in [1.54, 1.807) is 12.1 Å². The molecule has 0 saturated carbocycles. The van der Waals surface area contributed by atoms with Crippen LogP contribution in [0.25, 0.3) is 0 Å². The third kappa shape index (κ3) is 3.24. The molecule has 0 aromatic heterocycles. The predicted octanol–water partition coefficient (Wildman–Crippen LogP) is 1.95. The maximum atomic E-state index is 12.2. The van der Waals surface area contributed by atoms with Gasteiger partial charge < -0.3 is 10.5 Å². The molecule has 2 rings (SSSR count). The van der Waals surface area contributed by atoms with Crippen molar-refractivity contribution in [2.45, 2.75) is 4.90 Å². The van der Waals surface area contributed by atoms with Gasteiger partial charge in [-0.3, -0.25) is 4.72 Å². The normalized spacial score (nSPS) is 10.7. The lowest BCUT2D eigenvalue weighted by molar-refractivity contribution is 0.417. The quantitative estimate of drug-likeness (QED) is 0.840. The summed E-state index contributed by atoms with van der Waals surface area (Å²) in [4.78, 5) is 0.0669. The Morgan fingerprint density at radius 1 is 1.19 bits per heavy atom. The smallest absolute Gasteiger partial charge is 0.261 e. The summed E-state index contributed by atoms with van der Waals surface area (Å²) < 4.78 is 31.9. The zero-order chi connectivity index (χ0) is 15.5. The first kappa shape index (κ1) is 14.7. The molecule has 2 aromatic carbocycles. The number of nitrogen functional groups attached to an aromatic ring is 1. The lowest BCUT2D eigenvalue weighted by Gasteiger charge is -2.10. The van der Waals surface area contributed by atoms with Gasteiger partial charge in [0.15, 0.2) is 0 Å². The molecule has 3 N–H and O–H groups in total. The predicted molar refractivity (Wildman–Crippen MR) is 79.4 cm³/mol. The summed E-state index contributed by atoms with van der Waals surface area (Å²) in [5, 5.41) is 8.71. The van der Waals surface area contributed by atoms with E-state index >= 15 is 0 Å². The number of hydrogen-bond donors (Lipinski definition) is 2. The lowest BCUT2D eigenvalue weighted by Crippen LogP contribution is -2.13. The minimum absolute atomic E-state index is 0.0669. The van der Waals surface area contributed by atoms with E-state index in [0.717, 1.165) is 0 Å². The Kier molecular flexibility index (Phi) is 4.00. The zero-order valence-corrected chi connectivity index (χ0v) is 12.0. The fourth-order valence-electron chi connectivity index (χ4n) is 1.70. The highest BCUT2D eigenvalue weighted by atomic mass is 32.2. The molecule has 0 heterocycles. The van der Waals surface area contributed by atoms with E-state index in [1.807, 2.05) is 6.07 Å². The second-order valence-electron chi connectivity index (χ2n) is 4.20. The van der Waals surface area contributed by atoms with Crippen LogP contribution in [0.5, 0.6) is 5.75 Å². The number of hydrogen-bond acceptors (Lipinski definition) is 5. The Balaban J connectivity index is 2.30. The lowest BCUT2D eigenvalue weighted by atomic mass is 10.2. The molecule has 2 aromatic rings. The van der Waals surface area contributed by atoms with Crippen LogP contribution in [0.1, 0.15) is 5.56 Å². The summed E-state index contributed by atoms with van der Waals surface area (Å²) in [7, 11) is -2.28. The monoisotopic (exact) mass is 303 g/mol. The van der Waals surface area contributed by atoms with Crippen LogP contribution in [0.15, 0.2) is 47.4 Å². The van der Waals surface area contributed by atoms with Gasteiger partial charge in [-0.2, -0.15) is 5.26 Å². The van der Waals surface area contributed by atoms with E-state index in [2.05, 4.69) is 4.72 Å². The van der Waals surface area contributed by atoms with Gasteiger partial charge in [0.05, 0.1) is 35.0 Å². The minimum Gasteiger partial charge on any atom is -0.495 e. The molecule has 0 aliphatic heterocycles. The molecule has 0 spiro atoms. The Hall–Kier alpha value is -2.72. The Labute approximate surface area is 122 Å². The molecule has 0 aliphatic rings. The van der Waals surface area contributed by atoms with Gasteiger partial charge in [-0.15, -0.1) is 0 Å². The number of rotatable bonds is 4. The number of nitriles is 1. The maximum absolute atomic E-state index is 12.2. The molecule has 0 bridgehead atoms. The number of sulfonamides is 1. The summed E-state index contributed by atoms with van der Waals surface area (Å²) in [6.45, 7) is 0. The molecule has 108 valence electrons. The molecule has 0 amide bonds. The van der Waals surface area contributed by atoms with Gasteiger partial charge >= 0.3 is 0 Å². The second kappa shape index (κ2) is 5.73. The highest BCUT2D eigenvalue weighted by molar-refractivity contribution is 7.92. The van der Waals surface area contributed by atoms with Crippen molar-refractivity contribution in [2.24, 2.45) is 0 Å². The Morgan fingerprint density at radius 3 is 2.43 bits per heavy atom. The van der Waals surface area contributed by atoms with Crippen LogP contribution in [0.3, 0.4) is 0 Å². The van der Waals surface area contributed by atoms with Crippen molar-refractivity contribution in [3.05, 3.63) is 48.0 Å². The van der Waals surface area contributed by atoms with Gasteiger partial charge in [0.1, 0.15) is 5.75 Å². The van der Waals surface area contributed by atoms with Crippen LogP contribution in [-0.4, -0.2) is 15.5 Å². The topological polar surface area (TPSA) is 105 Å². The maximum Gasteiger partial charge on any atom is 0.261 e. The molecule has 0 aliphatic carbocycles. The van der Waals surface area contributed by atoms with Crippen molar-refractivity contribution >= 4 is 21.4 Å². The highest BCUT2D eigenvalue weighted by Crippen LogP contribution is 2.26. The first-order valence-electron chi connectivity index (χ1n) is 5.93. The molecule has 21 heavy (non-hydrogen) atoms. The molecular weight excluding hydrogens is 290 g/mol. The van der Waals surface area contributed by atoms with E-state index < -0.39 is 10.0 Å². The van der Waals surface area contributed by atoms with Crippen molar-refractivity contribution in [1.29, 1.82) is 5.26 Å². The fourth-order valence-corrected chi connectivity index (χ4v) is 2.75. The largest absolute Gasteiger partial charge is 0.495 e. The third-order valence-electron chi connectivity index (χ3n) is 2.78. The molecule has 0 saturated heterocycles. The van der Waals surface area contributed by atoms with E-state index in [1.165, 1.54) is 37.4 Å². The number of nitrogens with one attached hydrogen (secondary N) is 1. The van der Waals surface area contributed by atoms with Gasteiger partial charge in [0, 0.05) is 6.07 Å². The third-order valence-corrected chi connectivity index (χ3v) is 4.18. The number of nitrogens with two attached hydrogens (primary N) is 1. The van der Waals surface area contributed by atoms with Gasteiger partial charge in [0.2, 0.25) is 0 Å². The van der Waals surface area contributed by atoms with Crippen LogP contribution >= 0.6 is 0 Å². The van der Waals surface area contributed by atoms with Gasteiger partial charge in [-0.1, -0.05) is 0 Å². The summed E-state index contributed by atoms with van der Waals surface area (Å²) in [6.07, 6.45) is 0. The summed E-state index contributed by atoms with van der Waals surface area (Å²) in [6, 6.07) is 12.1. The zero-order valence-electron chi connectivity index (χ0n) is 11.2. The van der Waals surface area contributed by atoms with E-state index in [9.17, 15) is 8.42 Å². The number of ether oxygens (including phenoxy) is 1. The molecule has 0 fully saturated rings. The molecule has 0 unspecified atom stereocenters. The van der Waals surface area contributed by atoms with Crippen molar-refractivity contribution in [3.8, 4) is 11.8 Å². The van der Waals surface area contributed by atoms with Crippen LogP contribution < -0.4 is 15.2 Å². The Morgan fingerprint density at radius 2 is 1.86 bits per heavy atom. The average molecular weight is 303 g/mol. The van der Waals surface area contributed by atoms with Crippen LogP contribution in [-0.2, 0) is 10.0 Å². The molecule has 7 heteroatoms. The van der Waals surface area contributed by atoms with Crippen LogP contribution in [0.2, 0.25) is 0 Å². The number of benzene rings is 2. The number of anilines is 2. The molecule has 6 nitrogen and oxygen atoms in total. The van der Waals surface area contributed by atoms with Crippen molar-refractivity contribution < 1.29 is 13.2 Å². The van der Waals surface area contributed by atoms with Crippen LogP contribution in [0.4, 0.5) is 11.4 Å². The number of nitrogens with zero attached hydrogens (tertiary/aromatic N) is 1. The SMILES string of the molecule is COc1cc(NS(=O)(=O)c2ccc(C#N)cc2)ccc1N. The van der Waals surface area contributed by atoms with Crippen molar-refractivity contribution in [3.63, 3.8) is 0 Å². The van der Waals surface area contributed by atoms with Gasteiger partial charge in [-0.05, 0) is 36.4 Å². The van der Waals surface area contributed by atoms with Crippen molar-refractivity contribution in [1.82, 2.24) is 0 Å². The Bertz CT molecular complexity index is 793. The van der Waals surface area contributed by atoms with Crippen molar-refractivity contribution in [2.75, 3.05) is 17.6 Å². The first-order valence-corrected chi connectivity index (χ1v) is 7.41. The van der Waals surface area contributed by atoms with Gasteiger partial charge in [0.25, 0.3) is 10.0 Å². The summed E-state index contributed by atoms with van der Waals surface area (Å²) in [5.41, 5.74) is 6.82. The van der Waals surface area contributed by atoms with E-state index in [0.29, 0.717) is 22.7 Å². The van der Waals surface area contributed by atoms with Gasteiger partial charge in [-0.25, -0.2) is 8.42 Å². The first-order chi connectivity index (χ1) is 9.96. The fraction of sp³-hybridized carbons (Fsp3) is 0.0714. The standard InChI is InChI=1S/C14H13N3O3S/c1-20-14-8-11(4-7-13(14)16)17-21(18,19)12-5-2-10(9-15)3-6-12/h2-8,17H,16H2,1H3. The summed E-state index contributed by atoms with van der Waals surface area (Å²) >= 11 is 0. The number of methoxy groups -OCH3 is 1. The molecular formula is C14H13N3O3S. The average Bonchev–Trinajstić information content (AvgIpc) is 2.49. The summed E-state index contributed by atoms with van der Waals surface area (Å²) in [5.74, 6) is 0.384. The minimum atomic E-state index is -3.73. The molecule has 0 radical (unpaired) electrons. The van der Waals surface area contributed by atoms with E-state index in [4.69, 9.17) is 15.7 Å².